The lowest BCUT2D eigenvalue weighted by molar-refractivity contribution is -0.105. The van der Waals surface area contributed by atoms with Crippen LogP contribution in [0, 0.1) is 0 Å². The van der Waals surface area contributed by atoms with Gasteiger partial charge in [-0.2, -0.15) is 13.2 Å². The molecule has 0 radical (unpaired) electrons. The smallest absolute Gasteiger partial charge is 0.251 e. The number of hydrogen-bond acceptors (Lipinski definition) is 3. The van der Waals surface area contributed by atoms with Crippen LogP contribution in [-0.2, 0) is 10.8 Å². The van der Waals surface area contributed by atoms with E-state index in [-0.39, 0.29) is 12.2 Å². The minimum Gasteiger partial charge on any atom is -0.251 e. The fraction of sp³-hybridized carbons (Fsp3) is 0.385. The molecule has 0 N–H and O–H groups in total. The Kier molecular flexibility index (Phi) is 3.75. The zero-order chi connectivity index (χ0) is 15.9. The molecule has 0 spiro atoms. The van der Waals surface area contributed by atoms with Crippen molar-refractivity contribution >= 4 is 10.8 Å². The Morgan fingerprint density at radius 1 is 1.27 bits per heavy atom. The molecule has 0 amide bonds. The molecule has 0 aliphatic carbocycles. The summed E-state index contributed by atoms with van der Waals surface area (Å²) in [4.78, 5) is 3.71. The molecule has 4 nitrogen and oxygen atoms in total. The Bertz CT molecular complexity index is 701. The van der Waals surface area contributed by atoms with Crippen molar-refractivity contribution in [1.29, 1.82) is 0 Å². The van der Waals surface area contributed by atoms with E-state index in [9.17, 15) is 21.8 Å². The minimum absolute atomic E-state index is 0.0700. The molecule has 22 heavy (non-hydrogen) atoms. The molecule has 2 heterocycles. The Labute approximate surface area is 125 Å². The predicted molar refractivity (Wildman–Crippen MR) is 70.4 cm³/mol. The summed E-state index contributed by atoms with van der Waals surface area (Å²) >= 11 is 0. The van der Waals surface area contributed by atoms with Gasteiger partial charge in [-0.05, 0) is 5.56 Å². The van der Waals surface area contributed by atoms with E-state index in [4.69, 9.17) is 0 Å². The number of hydrogen-bond donors (Lipinski definition) is 0. The van der Waals surface area contributed by atoms with Gasteiger partial charge in [0, 0.05) is 6.42 Å². The zero-order valence-corrected chi connectivity index (χ0v) is 11.9. The molecule has 2 aromatic rings. The summed E-state index contributed by atoms with van der Waals surface area (Å²) in [5, 5.41) is 3.37. The molecule has 3 rings (SSSR count). The van der Waals surface area contributed by atoms with Crippen LogP contribution in [-0.4, -0.2) is 30.9 Å². The van der Waals surface area contributed by atoms with Crippen LogP contribution in [0.2, 0.25) is 0 Å². The minimum atomic E-state index is -4.59. The van der Waals surface area contributed by atoms with Crippen molar-refractivity contribution in [2.45, 2.75) is 30.0 Å². The fourth-order valence-corrected chi connectivity index (χ4v) is 3.22. The van der Waals surface area contributed by atoms with Gasteiger partial charge in [0.1, 0.15) is 16.6 Å². The summed E-state index contributed by atoms with van der Waals surface area (Å²) in [5.74, 6) is -1.61. The highest BCUT2D eigenvalue weighted by atomic mass is 32.2. The molecular weight excluding hydrogens is 322 g/mol. The van der Waals surface area contributed by atoms with Crippen molar-refractivity contribution in [2.75, 3.05) is 5.75 Å². The summed E-state index contributed by atoms with van der Waals surface area (Å²) in [5.41, 5.74) is 0.780. The van der Waals surface area contributed by atoms with Crippen LogP contribution < -0.4 is 0 Å². The van der Waals surface area contributed by atoms with E-state index < -0.39 is 40.1 Å². The monoisotopic (exact) mass is 333 g/mol. The number of fused-ring (bicyclic) bond motifs is 1. The topological polar surface area (TPSA) is 47.8 Å². The van der Waals surface area contributed by atoms with Gasteiger partial charge in [0.25, 0.3) is 0 Å². The van der Waals surface area contributed by atoms with Crippen molar-refractivity contribution in [1.82, 2.24) is 14.8 Å². The Balaban J connectivity index is 1.92. The lowest BCUT2D eigenvalue weighted by Gasteiger charge is -2.11. The van der Waals surface area contributed by atoms with Crippen molar-refractivity contribution in [3.8, 4) is 0 Å². The van der Waals surface area contributed by atoms with E-state index in [1.54, 1.807) is 30.3 Å². The normalized spacial score (nSPS) is 22.5. The fourth-order valence-electron chi connectivity index (χ4n) is 2.42. The van der Waals surface area contributed by atoms with Gasteiger partial charge in [0.2, 0.25) is 5.16 Å². The van der Waals surface area contributed by atoms with Crippen molar-refractivity contribution < 1.29 is 21.8 Å². The maximum absolute atomic E-state index is 14.0. The van der Waals surface area contributed by atoms with E-state index in [1.165, 1.54) is 4.68 Å². The second kappa shape index (κ2) is 5.45. The molecule has 1 aromatic heterocycles. The SMILES string of the molecule is O=[S@](CC(F)(F)F)c1nc2n(n1)[C@H](c1ccccc1)C[C@@H]2F. The molecule has 0 saturated heterocycles. The van der Waals surface area contributed by atoms with Gasteiger partial charge in [-0.25, -0.2) is 14.1 Å². The summed E-state index contributed by atoms with van der Waals surface area (Å²) in [6.07, 6.45) is -5.91. The molecule has 1 aliphatic rings. The third-order valence-corrected chi connectivity index (χ3v) is 4.50. The summed E-state index contributed by atoms with van der Waals surface area (Å²) in [7, 11) is -2.43. The zero-order valence-electron chi connectivity index (χ0n) is 11.1. The van der Waals surface area contributed by atoms with Crippen molar-refractivity contribution in [2.24, 2.45) is 0 Å². The van der Waals surface area contributed by atoms with E-state index in [0.29, 0.717) is 0 Å². The second-order valence-corrected chi connectivity index (χ2v) is 6.28. The largest absolute Gasteiger partial charge is 0.400 e. The van der Waals surface area contributed by atoms with Gasteiger partial charge in [-0.15, -0.1) is 5.10 Å². The van der Waals surface area contributed by atoms with Gasteiger partial charge < -0.3 is 0 Å². The molecule has 9 heteroatoms. The molecule has 1 aliphatic heterocycles. The first kappa shape index (κ1) is 15.1. The molecule has 3 atom stereocenters. The van der Waals surface area contributed by atoms with Gasteiger partial charge in [0.15, 0.2) is 12.0 Å². The van der Waals surface area contributed by atoms with Crippen LogP contribution in [0.25, 0.3) is 0 Å². The van der Waals surface area contributed by atoms with E-state index >= 15 is 0 Å². The quantitative estimate of drug-likeness (QED) is 0.812. The summed E-state index contributed by atoms with van der Waals surface area (Å²) in [6.45, 7) is 0. The highest BCUT2D eigenvalue weighted by molar-refractivity contribution is 7.84. The average molecular weight is 333 g/mol. The third kappa shape index (κ3) is 2.90. The number of rotatable bonds is 3. The lowest BCUT2D eigenvalue weighted by Crippen LogP contribution is -2.19. The lowest BCUT2D eigenvalue weighted by atomic mass is 10.0. The van der Waals surface area contributed by atoms with E-state index in [1.807, 2.05) is 0 Å². The van der Waals surface area contributed by atoms with Crippen LogP contribution in [0.5, 0.6) is 0 Å². The Morgan fingerprint density at radius 2 is 1.95 bits per heavy atom. The number of aromatic nitrogens is 3. The third-order valence-electron chi connectivity index (χ3n) is 3.33. The van der Waals surface area contributed by atoms with Crippen LogP contribution >= 0.6 is 0 Å². The number of halogens is 4. The summed E-state index contributed by atoms with van der Waals surface area (Å²) in [6, 6.07) is 8.47. The van der Waals surface area contributed by atoms with E-state index in [2.05, 4.69) is 10.1 Å². The molecule has 1 aromatic carbocycles. The van der Waals surface area contributed by atoms with E-state index in [0.717, 1.165) is 5.56 Å². The van der Waals surface area contributed by atoms with Gasteiger partial charge >= 0.3 is 6.18 Å². The van der Waals surface area contributed by atoms with Gasteiger partial charge in [-0.3, -0.25) is 4.21 Å². The molecule has 0 bridgehead atoms. The maximum atomic E-state index is 14.0. The summed E-state index contributed by atoms with van der Waals surface area (Å²) < 4.78 is 63.8. The number of alkyl halides is 4. The Morgan fingerprint density at radius 3 is 2.59 bits per heavy atom. The molecule has 0 fully saturated rings. The average Bonchev–Trinajstić information content (AvgIpc) is 2.99. The molecule has 118 valence electrons. The first-order valence-electron chi connectivity index (χ1n) is 6.46. The molecular formula is C13H11F4N3OS. The standard InChI is InChI=1S/C13H11F4N3OS/c14-9-6-10(8-4-2-1-3-5-8)20-11(9)18-12(19-20)22(21)7-13(15,16)17/h1-5,9-10H,6-7H2/t9-,10-,22+/m0/s1. The number of benzene rings is 1. The van der Waals surface area contributed by atoms with Gasteiger partial charge in [-0.1, -0.05) is 30.3 Å². The highest BCUT2D eigenvalue weighted by Gasteiger charge is 2.38. The highest BCUT2D eigenvalue weighted by Crippen LogP contribution is 2.39. The first-order valence-corrected chi connectivity index (χ1v) is 7.77. The molecule has 0 unspecified atom stereocenters. The van der Waals surface area contributed by atoms with Crippen LogP contribution in [0.15, 0.2) is 35.5 Å². The van der Waals surface area contributed by atoms with Crippen LogP contribution in [0.3, 0.4) is 0 Å². The first-order chi connectivity index (χ1) is 10.3. The Hall–Kier alpha value is -1.77. The van der Waals surface area contributed by atoms with Crippen LogP contribution in [0.1, 0.15) is 30.0 Å². The molecule has 0 saturated carbocycles. The van der Waals surface area contributed by atoms with Crippen molar-refractivity contribution in [3.63, 3.8) is 0 Å². The predicted octanol–water partition coefficient (Wildman–Crippen LogP) is 2.95. The number of nitrogens with zero attached hydrogens (tertiary/aromatic N) is 3. The maximum Gasteiger partial charge on any atom is 0.400 e. The van der Waals surface area contributed by atoms with Crippen molar-refractivity contribution in [3.05, 3.63) is 41.7 Å². The second-order valence-electron chi connectivity index (χ2n) is 4.93. The van der Waals surface area contributed by atoms with Gasteiger partial charge in [0.05, 0.1) is 6.04 Å². The van der Waals surface area contributed by atoms with Crippen LogP contribution in [0.4, 0.5) is 17.6 Å².